The fourth-order valence-corrected chi connectivity index (χ4v) is 3.96. The first-order chi connectivity index (χ1) is 15.6. The van der Waals surface area contributed by atoms with Gasteiger partial charge >= 0.3 is 5.97 Å². The van der Waals surface area contributed by atoms with Gasteiger partial charge in [-0.2, -0.15) is 0 Å². The Balaban J connectivity index is 1.59. The molecule has 0 amide bonds. The molecule has 0 aliphatic heterocycles. The maximum Gasteiger partial charge on any atom is 0.333 e. The van der Waals surface area contributed by atoms with E-state index in [1.807, 2.05) is 18.2 Å². The molecule has 4 nitrogen and oxygen atoms in total. The summed E-state index contributed by atoms with van der Waals surface area (Å²) in [6, 6.07) is 18.6. The average Bonchev–Trinajstić information content (AvgIpc) is 2.83. The minimum atomic E-state index is -0.398. The van der Waals surface area contributed by atoms with Crippen LogP contribution in [0.2, 0.25) is 0 Å². The largest absolute Gasteiger partial charge is 0.492 e. The van der Waals surface area contributed by atoms with Crippen molar-refractivity contribution in [1.82, 2.24) is 0 Å². The second kappa shape index (κ2) is 10.2. The molecule has 4 rings (SSSR count). The van der Waals surface area contributed by atoms with E-state index in [1.165, 1.54) is 11.1 Å². The summed E-state index contributed by atoms with van der Waals surface area (Å²) in [7, 11) is 0. The van der Waals surface area contributed by atoms with E-state index in [1.54, 1.807) is 6.92 Å². The third-order valence-corrected chi connectivity index (χ3v) is 5.53. The third-order valence-electron chi connectivity index (χ3n) is 5.53. The number of carbonyl (C=O) groups is 1. The van der Waals surface area contributed by atoms with Crippen molar-refractivity contribution in [2.75, 3.05) is 19.8 Å². The average molecular weight is 429 g/mol. The normalized spacial score (nSPS) is 12.3. The van der Waals surface area contributed by atoms with Crippen molar-refractivity contribution in [1.29, 1.82) is 0 Å². The monoisotopic (exact) mass is 428 g/mol. The van der Waals surface area contributed by atoms with Crippen molar-refractivity contribution in [3.8, 4) is 11.5 Å². The fraction of sp³-hybridized carbons (Fsp3) is 0.250. The lowest BCUT2D eigenvalue weighted by atomic mass is 9.90. The van der Waals surface area contributed by atoms with Crippen molar-refractivity contribution in [2.24, 2.45) is 0 Å². The Morgan fingerprint density at radius 2 is 1.38 bits per heavy atom. The minimum absolute atomic E-state index is 0.181. The second-order valence-electron chi connectivity index (χ2n) is 7.89. The molecule has 1 aliphatic carbocycles. The number of carbonyl (C=O) groups excluding carboxylic acids is 1. The van der Waals surface area contributed by atoms with E-state index in [-0.39, 0.29) is 13.2 Å². The molecule has 4 heteroatoms. The van der Waals surface area contributed by atoms with Crippen molar-refractivity contribution < 1.29 is 19.0 Å². The number of esters is 1. The first-order valence-electron chi connectivity index (χ1n) is 11.0. The molecule has 0 unspecified atom stereocenters. The molecule has 1 aliphatic rings. The van der Waals surface area contributed by atoms with Crippen molar-refractivity contribution in [2.45, 2.75) is 26.2 Å². The van der Waals surface area contributed by atoms with E-state index in [2.05, 4.69) is 55.1 Å². The summed E-state index contributed by atoms with van der Waals surface area (Å²) in [5.74, 6) is 1.39. The molecular formula is C28H28O4. The molecule has 0 saturated heterocycles. The third kappa shape index (κ3) is 4.86. The first-order valence-corrected chi connectivity index (χ1v) is 11.0. The molecule has 164 valence electrons. The van der Waals surface area contributed by atoms with Gasteiger partial charge in [0, 0.05) is 33.9 Å². The number of benzene rings is 3. The second-order valence-corrected chi connectivity index (χ2v) is 7.89. The number of allylic oxidation sites excluding steroid dienone is 2. The van der Waals surface area contributed by atoms with Crippen LogP contribution < -0.4 is 9.47 Å². The highest BCUT2D eigenvalue weighted by Gasteiger charge is 2.22. The summed E-state index contributed by atoms with van der Waals surface area (Å²) in [6.07, 6.45) is 6.79. The molecule has 0 atom stereocenters. The van der Waals surface area contributed by atoms with Gasteiger partial charge in [0.15, 0.2) is 0 Å². The van der Waals surface area contributed by atoms with E-state index in [0.717, 1.165) is 47.1 Å². The topological polar surface area (TPSA) is 44.8 Å². The lowest BCUT2D eigenvalue weighted by molar-refractivity contribution is -0.139. The summed E-state index contributed by atoms with van der Waals surface area (Å²) in [5, 5.41) is 2.06. The Kier molecular flexibility index (Phi) is 6.90. The smallest absolute Gasteiger partial charge is 0.333 e. The lowest BCUT2D eigenvalue weighted by Gasteiger charge is -2.23. The van der Waals surface area contributed by atoms with Crippen LogP contribution in [-0.4, -0.2) is 25.8 Å². The summed E-state index contributed by atoms with van der Waals surface area (Å²) in [4.78, 5) is 11.6. The highest BCUT2D eigenvalue weighted by molar-refractivity contribution is 5.96. The Hall–Kier alpha value is -3.53. The Morgan fingerprint density at radius 3 is 1.97 bits per heavy atom. The van der Waals surface area contributed by atoms with Gasteiger partial charge in [-0.1, -0.05) is 73.3 Å². The molecule has 32 heavy (non-hydrogen) atoms. The lowest BCUT2D eigenvalue weighted by Crippen LogP contribution is -2.14. The Labute approximate surface area is 189 Å². The molecule has 3 aromatic carbocycles. The molecule has 0 aromatic heterocycles. The Morgan fingerprint density at radius 1 is 0.812 bits per heavy atom. The van der Waals surface area contributed by atoms with Crippen molar-refractivity contribution >= 4 is 16.7 Å². The van der Waals surface area contributed by atoms with Crippen LogP contribution in [0.15, 0.2) is 78.9 Å². The standard InChI is InChI=1S/C28H28O4/c1-20(2)28(29)32-19-18-31-27-24-14-8-6-12-22(24)26(23-13-7-9-15-25(23)27)30-17-16-21-10-4-3-5-11-21/h3-12,14H,1,13,15-19H2,2H3. The van der Waals surface area contributed by atoms with E-state index in [9.17, 15) is 4.79 Å². The summed E-state index contributed by atoms with van der Waals surface area (Å²) < 4.78 is 17.8. The van der Waals surface area contributed by atoms with Gasteiger partial charge in [0.2, 0.25) is 0 Å². The van der Waals surface area contributed by atoms with Crippen LogP contribution in [0, 0.1) is 0 Å². The molecule has 0 spiro atoms. The highest BCUT2D eigenvalue weighted by atomic mass is 16.6. The zero-order valence-corrected chi connectivity index (χ0v) is 18.4. The maximum atomic E-state index is 11.6. The summed E-state index contributed by atoms with van der Waals surface area (Å²) in [6.45, 7) is 6.32. The van der Waals surface area contributed by atoms with Crippen molar-refractivity contribution in [3.63, 3.8) is 0 Å². The van der Waals surface area contributed by atoms with Gasteiger partial charge in [-0.3, -0.25) is 0 Å². The van der Waals surface area contributed by atoms with Crippen LogP contribution in [0.1, 0.15) is 23.6 Å². The SMILES string of the molecule is C=C(C)C(=O)OCCOc1c2c(c(OCCc3ccccc3)c3ccccc13)CC=CC2. The minimum Gasteiger partial charge on any atom is -0.492 e. The van der Waals surface area contributed by atoms with Crippen LogP contribution >= 0.6 is 0 Å². The number of ether oxygens (including phenoxy) is 3. The van der Waals surface area contributed by atoms with Crippen LogP contribution in [0.25, 0.3) is 10.8 Å². The fourth-order valence-electron chi connectivity index (χ4n) is 3.96. The molecule has 0 fully saturated rings. The van der Waals surface area contributed by atoms with E-state index < -0.39 is 5.97 Å². The van der Waals surface area contributed by atoms with E-state index >= 15 is 0 Å². The maximum absolute atomic E-state index is 11.6. The molecule has 0 bridgehead atoms. The zero-order chi connectivity index (χ0) is 22.3. The molecule has 0 saturated carbocycles. The van der Waals surface area contributed by atoms with Gasteiger partial charge in [-0.25, -0.2) is 4.79 Å². The van der Waals surface area contributed by atoms with Crippen LogP contribution in [0.4, 0.5) is 0 Å². The number of hydrogen-bond acceptors (Lipinski definition) is 4. The van der Waals surface area contributed by atoms with Crippen LogP contribution in [-0.2, 0) is 28.8 Å². The van der Waals surface area contributed by atoms with Gasteiger partial charge in [0.1, 0.15) is 24.7 Å². The summed E-state index contributed by atoms with van der Waals surface area (Å²) in [5.41, 5.74) is 3.96. The summed E-state index contributed by atoms with van der Waals surface area (Å²) >= 11 is 0. The van der Waals surface area contributed by atoms with Crippen LogP contribution in [0.5, 0.6) is 11.5 Å². The molecular weight excluding hydrogens is 400 g/mol. The number of fused-ring (bicyclic) bond motifs is 2. The van der Waals surface area contributed by atoms with Gasteiger partial charge < -0.3 is 14.2 Å². The van der Waals surface area contributed by atoms with Crippen LogP contribution in [0.3, 0.4) is 0 Å². The number of rotatable bonds is 9. The van der Waals surface area contributed by atoms with Gasteiger partial charge in [-0.15, -0.1) is 0 Å². The predicted octanol–water partition coefficient (Wildman–Crippen LogP) is 5.61. The Bertz CT molecular complexity index is 1150. The highest BCUT2D eigenvalue weighted by Crippen LogP contribution is 2.43. The quantitative estimate of drug-likeness (QED) is 0.192. The predicted molar refractivity (Wildman–Crippen MR) is 127 cm³/mol. The van der Waals surface area contributed by atoms with E-state index in [0.29, 0.717) is 12.2 Å². The molecule has 0 heterocycles. The van der Waals surface area contributed by atoms with Crippen molar-refractivity contribution in [3.05, 3.63) is 95.6 Å². The van der Waals surface area contributed by atoms with Gasteiger partial charge in [-0.05, 0) is 25.3 Å². The van der Waals surface area contributed by atoms with E-state index in [4.69, 9.17) is 14.2 Å². The number of hydrogen-bond donors (Lipinski definition) is 0. The molecule has 0 N–H and O–H groups in total. The molecule has 0 radical (unpaired) electrons. The zero-order valence-electron chi connectivity index (χ0n) is 18.4. The first kappa shape index (κ1) is 21.7. The van der Waals surface area contributed by atoms with Gasteiger partial charge in [0.25, 0.3) is 0 Å². The van der Waals surface area contributed by atoms with Gasteiger partial charge in [0.05, 0.1) is 6.61 Å². The molecule has 3 aromatic rings.